The van der Waals surface area contributed by atoms with Crippen molar-refractivity contribution in [1.82, 2.24) is 14.5 Å². The molecular weight excluding hydrogens is 300 g/mol. The first-order chi connectivity index (χ1) is 9.45. The molecule has 0 unspecified atom stereocenters. The summed E-state index contributed by atoms with van der Waals surface area (Å²) >= 11 is 6.04. The Morgan fingerprint density at radius 2 is 2.15 bits per heavy atom. The van der Waals surface area contributed by atoms with Crippen molar-refractivity contribution in [2.24, 2.45) is 5.73 Å². The van der Waals surface area contributed by atoms with Gasteiger partial charge in [-0.25, -0.2) is 8.42 Å². The molecule has 1 heterocycles. The van der Waals surface area contributed by atoms with Crippen LogP contribution in [0.15, 0.2) is 35.5 Å². The van der Waals surface area contributed by atoms with E-state index in [1.165, 1.54) is 17.4 Å². The van der Waals surface area contributed by atoms with Gasteiger partial charge < -0.3 is 5.73 Å². The number of aromatic amines is 1. The van der Waals surface area contributed by atoms with Gasteiger partial charge in [0.05, 0.1) is 11.2 Å². The summed E-state index contributed by atoms with van der Waals surface area (Å²) in [5, 5.41) is 6.60. The number of sulfonamides is 1. The molecule has 8 heteroatoms. The van der Waals surface area contributed by atoms with Crippen LogP contribution in [0.1, 0.15) is 11.1 Å². The molecule has 6 nitrogen and oxygen atoms in total. The molecule has 2 rings (SSSR count). The number of hydrogen-bond donors (Lipinski definition) is 2. The van der Waals surface area contributed by atoms with Gasteiger partial charge in [0.15, 0.2) is 0 Å². The predicted octanol–water partition coefficient (Wildman–Crippen LogP) is 1.34. The zero-order valence-electron chi connectivity index (χ0n) is 10.9. The van der Waals surface area contributed by atoms with E-state index in [1.54, 1.807) is 24.5 Å². The number of aromatic nitrogens is 2. The average Bonchev–Trinajstić information content (AvgIpc) is 2.91. The topological polar surface area (TPSA) is 92.1 Å². The number of H-pyrrole nitrogens is 1. The Bertz CT molecular complexity index is 685. The molecule has 1 aromatic carbocycles. The van der Waals surface area contributed by atoms with Crippen molar-refractivity contribution in [2.75, 3.05) is 7.05 Å². The van der Waals surface area contributed by atoms with E-state index in [0.717, 1.165) is 11.1 Å². The monoisotopic (exact) mass is 314 g/mol. The van der Waals surface area contributed by atoms with Crippen molar-refractivity contribution in [2.45, 2.75) is 18.0 Å². The quantitative estimate of drug-likeness (QED) is 0.871. The Kier molecular flexibility index (Phi) is 4.44. The van der Waals surface area contributed by atoms with Crippen LogP contribution in [0, 0.1) is 0 Å². The second-order valence-electron chi connectivity index (χ2n) is 4.34. The lowest BCUT2D eigenvalue weighted by molar-refractivity contribution is 0.467. The van der Waals surface area contributed by atoms with Crippen LogP contribution in [-0.4, -0.2) is 30.0 Å². The summed E-state index contributed by atoms with van der Waals surface area (Å²) in [5.41, 5.74) is 7.05. The third kappa shape index (κ3) is 3.01. The molecule has 0 radical (unpaired) electrons. The van der Waals surface area contributed by atoms with E-state index in [4.69, 9.17) is 17.3 Å². The standard InChI is InChI=1S/C12H15ClN4O2S/c1-17(8-10-6-15-16-7-10)20(18,19)12-3-2-9(5-14)4-11(12)13/h2-4,6-7H,5,8,14H2,1H3,(H,15,16). The Morgan fingerprint density at radius 1 is 1.40 bits per heavy atom. The first kappa shape index (κ1) is 15.0. The molecule has 3 N–H and O–H groups in total. The van der Waals surface area contributed by atoms with Gasteiger partial charge in [-0.3, -0.25) is 5.10 Å². The van der Waals surface area contributed by atoms with E-state index >= 15 is 0 Å². The van der Waals surface area contributed by atoms with Crippen LogP contribution in [0.25, 0.3) is 0 Å². The normalized spacial score (nSPS) is 12.0. The molecule has 0 atom stereocenters. The van der Waals surface area contributed by atoms with Gasteiger partial charge in [0, 0.05) is 31.9 Å². The summed E-state index contributed by atoms with van der Waals surface area (Å²) in [7, 11) is -2.16. The molecule has 0 bridgehead atoms. The van der Waals surface area contributed by atoms with Gasteiger partial charge in [-0.15, -0.1) is 0 Å². The molecule has 0 amide bonds. The Labute approximate surface area is 122 Å². The van der Waals surface area contributed by atoms with E-state index < -0.39 is 10.0 Å². The molecule has 2 aromatic rings. The molecule has 0 aliphatic carbocycles. The molecular formula is C12H15ClN4O2S. The molecule has 0 fully saturated rings. The van der Waals surface area contributed by atoms with Gasteiger partial charge in [-0.2, -0.15) is 9.40 Å². The average molecular weight is 315 g/mol. The predicted molar refractivity (Wildman–Crippen MR) is 76.6 cm³/mol. The maximum absolute atomic E-state index is 12.5. The maximum Gasteiger partial charge on any atom is 0.244 e. The summed E-state index contributed by atoms with van der Waals surface area (Å²) in [6.07, 6.45) is 3.22. The molecule has 1 aromatic heterocycles. The number of nitrogens with one attached hydrogen (secondary N) is 1. The Morgan fingerprint density at radius 3 is 2.70 bits per heavy atom. The molecule has 0 saturated heterocycles. The number of nitrogens with zero attached hydrogens (tertiary/aromatic N) is 2. The number of benzene rings is 1. The smallest absolute Gasteiger partial charge is 0.244 e. The zero-order valence-corrected chi connectivity index (χ0v) is 12.4. The van der Waals surface area contributed by atoms with Crippen molar-refractivity contribution in [1.29, 1.82) is 0 Å². The molecule has 0 saturated carbocycles. The van der Waals surface area contributed by atoms with Gasteiger partial charge in [-0.1, -0.05) is 17.7 Å². The highest BCUT2D eigenvalue weighted by Crippen LogP contribution is 2.25. The highest BCUT2D eigenvalue weighted by Gasteiger charge is 2.24. The summed E-state index contributed by atoms with van der Waals surface area (Å²) in [4.78, 5) is 0.0716. The lowest BCUT2D eigenvalue weighted by atomic mass is 10.2. The SMILES string of the molecule is CN(Cc1cn[nH]c1)S(=O)(=O)c1ccc(CN)cc1Cl. The van der Waals surface area contributed by atoms with E-state index in [1.807, 2.05) is 0 Å². The van der Waals surface area contributed by atoms with E-state index in [-0.39, 0.29) is 16.5 Å². The minimum absolute atomic E-state index is 0.0716. The van der Waals surface area contributed by atoms with Crippen LogP contribution < -0.4 is 5.73 Å². The number of rotatable bonds is 5. The third-order valence-corrected chi connectivity index (χ3v) is 5.17. The fourth-order valence-electron chi connectivity index (χ4n) is 1.75. The molecule has 108 valence electrons. The van der Waals surface area contributed by atoms with E-state index in [2.05, 4.69) is 10.2 Å². The van der Waals surface area contributed by atoms with Crippen LogP contribution in [0.2, 0.25) is 5.02 Å². The van der Waals surface area contributed by atoms with Crippen LogP contribution in [0.4, 0.5) is 0 Å². The van der Waals surface area contributed by atoms with Crippen LogP contribution >= 0.6 is 11.6 Å². The van der Waals surface area contributed by atoms with Gasteiger partial charge in [-0.05, 0) is 17.7 Å². The lowest BCUT2D eigenvalue weighted by Crippen LogP contribution is -2.26. The van der Waals surface area contributed by atoms with E-state index in [0.29, 0.717) is 6.54 Å². The summed E-state index contributed by atoms with van der Waals surface area (Å²) in [6, 6.07) is 4.70. The third-order valence-electron chi connectivity index (χ3n) is 2.88. The second-order valence-corrected chi connectivity index (χ2v) is 6.76. The van der Waals surface area contributed by atoms with Crippen molar-refractivity contribution in [3.63, 3.8) is 0 Å². The first-order valence-electron chi connectivity index (χ1n) is 5.87. The number of halogens is 1. The minimum atomic E-state index is -3.65. The van der Waals surface area contributed by atoms with Crippen molar-refractivity contribution in [3.05, 3.63) is 46.7 Å². The Hall–Kier alpha value is -1.41. The molecule has 20 heavy (non-hydrogen) atoms. The minimum Gasteiger partial charge on any atom is -0.326 e. The van der Waals surface area contributed by atoms with Crippen molar-refractivity contribution < 1.29 is 8.42 Å². The molecule has 0 spiro atoms. The van der Waals surface area contributed by atoms with Gasteiger partial charge in [0.2, 0.25) is 10.0 Å². The van der Waals surface area contributed by atoms with Crippen LogP contribution in [0.5, 0.6) is 0 Å². The largest absolute Gasteiger partial charge is 0.326 e. The summed E-state index contributed by atoms with van der Waals surface area (Å²) < 4.78 is 26.1. The Balaban J connectivity index is 2.30. The molecule has 0 aliphatic heterocycles. The fourth-order valence-corrected chi connectivity index (χ4v) is 3.45. The number of hydrogen-bond acceptors (Lipinski definition) is 4. The van der Waals surface area contributed by atoms with E-state index in [9.17, 15) is 8.42 Å². The second kappa shape index (κ2) is 5.92. The highest BCUT2D eigenvalue weighted by atomic mass is 35.5. The van der Waals surface area contributed by atoms with Gasteiger partial charge >= 0.3 is 0 Å². The first-order valence-corrected chi connectivity index (χ1v) is 7.69. The van der Waals surface area contributed by atoms with Crippen LogP contribution in [0.3, 0.4) is 0 Å². The summed E-state index contributed by atoms with van der Waals surface area (Å²) in [5.74, 6) is 0. The van der Waals surface area contributed by atoms with Crippen molar-refractivity contribution >= 4 is 21.6 Å². The van der Waals surface area contributed by atoms with Crippen LogP contribution in [-0.2, 0) is 23.1 Å². The van der Waals surface area contributed by atoms with Gasteiger partial charge in [0.1, 0.15) is 4.90 Å². The maximum atomic E-state index is 12.5. The zero-order chi connectivity index (χ0) is 14.8. The molecule has 0 aliphatic rings. The van der Waals surface area contributed by atoms with Gasteiger partial charge in [0.25, 0.3) is 0 Å². The summed E-state index contributed by atoms with van der Waals surface area (Å²) in [6.45, 7) is 0.526. The number of nitrogens with two attached hydrogens (primary N) is 1. The highest BCUT2D eigenvalue weighted by molar-refractivity contribution is 7.89. The fraction of sp³-hybridized carbons (Fsp3) is 0.250. The van der Waals surface area contributed by atoms with Crippen molar-refractivity contribution in [3.8, 4) is 0 Å². The lowest BCUT2D eigenvalue weighted by Gasteiger charge is -2.17.